The third kappa shape index (κ3) is 4.24. The molecule has 1 heterocycles. The molecular weight excluding hydrogens is 350 g/mol. The van der Waals surface area contributed by atoms with Crippen LogP contribution in [0.25, 0.3) is 5.76 Å². The summed E-state index contributed by atoms with van der Waals surface area (Å²) in [6.07, 6.45) is 5.61. The van der Waals surface area contributed by atoms with Crippen molar-refractivity contribution in [2.45, 2.75) is 12.0 Å². The van der Waals surface area contributed by atoms with Crippen molar-refractivity contribution >= 4 is 11.7 Å². The van der Waals surface area contributed by atoms with E-state index < -0.39 is 6.04 Å². The quantitative estimate of drug-likeness (QED) is 0.506. The molecule has 0 aliphatic carbocycles. The highest BCUT2D eigenvalue weighted by Crippen LogP contribution is 2.35. The van der Waals surface area contributed by atoms with Gasteiger partial charge in [-0.3, -0.25) is 4.90 Å². The molecule has 1 aliphatic heterocycles. The van der Waals surface area contributed by atoms with Crippen LogP contribution in [0, 0.1) is 0 Å². The molecule has 0 unspecified atom stereocenters. The number of carbonyl (C=O) groups excluding carboxylic acids is 1. The molecule has 4 nitrogen and oxygen atoms in total. The van der Waals surface area contributed by atoms with Gasteiger partial charge in [-0.2, -0.15) is 0 Å². The number of methoxy groups -OCH3 is 1. The van der Waals surface area contributed by atoms with Gasteiger partial charge in [0.25, 0.3) is 0 Å². The molecule has 0 bridgehead atoms. The van der Waals surface area contributed by atoms with Crippen molar-refractivity contribution in [3.8, 4) is 5.75 Å². The fourth-order valence-corrected chi connectivity index (χ4v) is 3.48. The van der Waals surface area contributed by atoms with Gasteiger partial charge in [0.1, 0.15) is 17.6 Å². The zero-order valence-electron chi connectivity index (χ0n) is 16.1. The zero-order valence-corrected chi connectivity index (χ0v) is 16.1. The van der Waals surface area contributed by atoms with Crippen molar-refractivity contribution in [2.75, 3.05) is 20.2 Å². The zero-order chi connectivity index (χ0) is 19.9. The number of esters is 1. The highest BCUT2D eigenvalue weighted by Gasteiger charge is 2.38. The van der Waals surface area contributed by atoms with Crippen LogP contribution in [0.5, 0.6) is 5.75 Å². The lowest BCUT2D eigenvalue weighted by Crippen LogP contribution is -2.47. The lowest BCUT2D eigenvalue weighted by atomic mass is 9.87. The fourth-order valence-electron chi connectivity index (χ4n) is 3.48. The number of hydrogen-bond acceptors (Lipinski definition) is 4. The van der Waals surface area contributed by atoms with E-state index in [-0.39, 0.29) is 11.9 Å². The van der Waals surface area contributed by atoms with Crippen LogP contribution in [0.15, 0.2) is 86.0 Å². The third-order valence-electron chi connectivity index (χ3n) is 4.80. The Labute approximate surface area is 166 Å². The van der Waals surface area contributed by atoms with E-state index in [4.69, 9.17) is 9.47 Å². The second-order valence-electron chi connectivity index (χ2n) is 6.59. The Morgan fingerprint density at radius 2 is 1.68 bits per heavy atom. The molecule has 0 saturated carbocycles. The minimum absolute atomic E-state index is 0.165. The average Bonchev–Trinajstić information content (AvgIpc) is 2.74. The summed E-state index contributed by atoms with van der Waals surface area (Å²) in [4.78, 5) is 15.1. The Kier molecular flexibility index (Phi) is 6.45. The molecule has 1 aliphatic rings. The van der Waals surface area contributed by atoms with E-state index in [0.29, 0.717) is 18.8 Å². The number of benzene rings is 2. The number of cyclic esters (lactones) is 1. The molecule has 144 valence electrons. The van der Waals surface area contributed by atoms with Crippen LogP contribution < -0.4 is 4.74 Å². The molecule has 2 atom stereocenters. The Balaban J connectivity index is 2.06. The van der Waals surface area contributed by atoms with Gasteiger partial charge in [0.05, 0.1) is 7.11 Å². The third-order valence-corrected chi connectivity index (χ3v) is 4.80. The predicted molar refractivity (Wildman–Crippen MR) is 112 cm³/mol. The van der Waals surface area contributed by atoms with Crippen molar-refractivity contribution < 1.29 is 14.3 Å². The van der Waals surface area contributed by atoms with E-state index in [1.165, 1.54) is 0 Å². The van der Waals surface area contributed by atoms with E-state index in [1.807, 2.05) is 65.6 Å². The average molecular weight is 375 g/mol. The minimum atomic E-state index is -0.461. The number of carbonyl (C=O) groups is 1. The summed E-state index contributed by atoms with van der Waals surface area (Å²) >= 11 is 0. The number of nitrogens with zero attached hydrogens (tertiary/aromatic N) is 1. The highest BCUT2D eigenvalue weighted by molar-refractivity contribution is 5.87. The molecule has 0 N–H and O–H groups in total. The minimum Gasteiger partial charge on any atom is -0.497 e. The van der Waals surface area contributed by atoms with Crippen molar-refractivity contribution in [2.24, 2.45) is 0 Å². The number of hydrogen-bond donors (Lipinski definition) is 0. The molecule has 4 heteroatoms. The molecule has 28 heavy (non-hydrogen) atoms. The van der Waals surface area contributed by atoms with Gasteiger partial charge in [-0.1, -0.05) is 54.6 Å². The van der Waals surface area contributed by atoms with Crippen LogP contribution in [0.2, 0.25) is 0 Å². The van der Waals surface area contributed by atoms with E-state index in [1.54, 1.807) is 19.3 Å². The maximum Gasteiger partial charge on any atom is 0.329 e. The number of ether oxygens (including phenoxy) is 2. The van der Waals surface area contributed by atoms with Gasteiger partial charge in [-0.15, -0.1) is 13.2 Å². The van der Waals surface area contributed by atoms with Crippen molar-refractivity contribution in [1.29, 1.82) is 0 Å². The second-order valence-corrected chi connectivity index (χ2v) is 6.59. The van der Waals surface area contributed by atoms with E-state index in [2.05, 4.69) is 13.2 Å². The largest absolute Gasteiger partial charge is 0.497 e. The molecule has 0 aromatic heterocycles. The van der Waals surface area contributed by atoms with Crippen molar-refractivity contribution in [3.05, 3.63) is 97.1 Å². The Bertz CT molecular complexity index is 845. The summed E-state index contributed by atoms with van der Waals surface area (Å²) in [5, 5.41) is 0. The first kappa shape index (κ1) is 19.6. The summed E-state index contributed by atoms with van der Waals surface area (Å²) in [5.41, 5.74) is 1.90. The van der Waals surface area contributed by atoms with Crippen LogP contribution in [0.4, 0.5) is 0 Å². The van der Waals surface area contributed by atoms with Crippen molar-refractivity contribution in [3.63, 3.8) is 0 Å². The molecule has 3 rings (SSSR count). The standard InChI is InChI=1S/C24H25NO3/c1-4-15-25(16-5-2)23-21(18-11-13-20(27-3)14-12-18)17-22(28-24(23)26)19-9-7-6-8-10-19/h4-14,17,21,23H,1-2,15-16H2,3H3/t21-,23-/m1/s1. The first-order valence-electron chi connectivity index (χ1n) is 9.26. The number of rotatable bonds is 8. The van der Waals surface area contributed by atoms with Gasteiger partial charge < -0.3 is 9.47 Å². The lowest BCUT2D eigenvalue weighted by molar-refractivity contribution is -0.144. The molecule has 0 spiro atoms. The predicted octanol–water partition coefficient (Wildman–Crippen LogP) is 4.42. The highest BCUT2D eigenvalue weighted by atomic mass is 16.5. The Hall–Kier alpha value is -3.11. The van der Waals surface area contributed by atoms with E-state index in [9.17, 15) is 4.79 Å². The summed E-state index contributed by atoms with van der Waals surface area (Å²) in [6, 6.07) is 17.0. The maximum absolute atomic E-state index is 13.1. The Morgan fingerprint density at radius 3 is 2.25 bits per heavy atom. The van der Waals surface area contributed by atoms with Gasteiger partial charge in [0.2, 0.25) is 0 Å². The van der Waals surface area contributed by atoms with Gasteiger partial charge in [0.15, 0.2) is 0 Å². The SMILES string of the molecule is C=CCN(CC=C)[C@H]1C(=O)OC(c2ccccc2)=C[C@@H]1c1ccc(OC)cc1. The van der Waals surface area contributed by atoms with Crippen LogP contribution in [0.1, 0.15) is 17.0 Å². The summed E-state index contributed by atoms with van der Waals surface area (Å²) in [5.74, 6) is 0.924. The van der Waals surface area contributed by atoms with Crippen LogP contribution in [-0.2, 0) is 9.53 Å². The summed E-state index contributed by atoms with van der Waals surface area (Å²) < 4.78 is 11.0. The Morgan fingerprint density at radius 1 is 1.04 bits per heavy atom. The molecule has 0 radical (unpaired) electrons. The normalized spacial score (nSPS) is 18.9. The first-order chi connectivity index (χ1) is 13.7. The summed E-state index contributed by atoms with van der Waals surface area (Å²) in [7, 11) is 1.64. The van der Waals surface area contributed by atoms with Crippen LogP contribution in [0.3, 0.4) is 0 Å². The maximum atomic E-state index is 13.1. The van der Waals surface area contributed by atoms with Crippen molar-refractivity contribution in [1.82, 2.24) is 4.90 Å². The molecular formula is C24H25NO3. The first-order valence-corrected chi connectivity index (χ1v) is 9.26. The summed E-state index contributed by atoms with van der Waals surface area (Å²) in [6.45, 7) is 8.78. The molecule has 0 amide bonds. The van der Waals surface area contributed by atoms with Gasteiger partial charge >= 0.3 is 5.97 Å². The van der Waals surface area contributed by atoms with Gasteiger partial charge in [-0.05, 0) is 23.8 Å². The van der Waals surface area contributed by atoms with Crippen LogP contribution in [-0.4, -0.2) is 37.1 Å². The van der Waals surface area contributed by atoms with E-state index >= 15 is 0 Å². The fraction of sp³-hybridized carbons (Fsp3) is 0.208. The molecule has 0 saturated heterocycles. The monoisotopic (exact) mass is 375 g/mol. The van der Waals surface area contributed by atoms with Crippen LogP contribution >= 0.6 is 0 Å². The molecule has 2 aromatic carbocycles. The molecule has 2 aromatic rings. The smallest absolute Gasteiger partial charge is 0.329 e. The topological polar surface area (TPSA) is 38.8 Å². The molecule has 0 fully saturated rings. The lowest BCUT2D eigenvalue weighted by Gasteiger charge is -2.36. The van der Waals surface area contributed by atoms with E-state index in [0.717, 1.165) is 16.9 Å². The second kappa shape index (κ2) is 9.20. The van der Waals surface area contributed by atoms with Gasteiger partial charge in [-0.25, -0.2) is 4.79 Å². The van der Waals surface area contributed by atoms with Gasteiger partial charge in [0, 0.05) is 24.6 Å².